The molecule has 0 aliphatic carbocycles. The maximum atomic E-state index is 10.3. The van der Waals surface area contributed by atoms with Crippen molar-refractivity contribution in [3.63, 3.8) is 0 Å². The van der Waals surface area contributed by atoms with Crippen molar-refractivity contribution < 1.29 is 6.17 Å². The van der Waals surface area contributed by atoms with E-state index in [4.69, 9.17) is 1.37 Å². The molecule has 5 nitrogen and oxygen atoms in total. The van der Waals surface area contributed by atoms with Gasteiger partial charge in [0.2, 0.25) is 0 Å². The van der Waals surface area contributed by atoms with E-state index in [0.29, 0.717) is 11.8 Å². The molecule has 2 rings (SSSR count). The van der Waals surface area contributed by atoms with Crippen LogP contribution in [0.15, 0.2) is 18.6 Å². The first-order chi connectivity index (χ1) is 6.29. The van der Waals surface area contributed by atoms with Gasteiger partial charge in [0.15, 0.2) is 17.8 Å². The Kier molecular flexibility index (Phi) is 1.24. The second-order valence-electron chi connectivity index (χ2n) is 2.05. The number of hydrogen-bond acceptors (Lipinski definition) is 5. The third-order valence-electron chi connectivity index (χ3n) is 1.31. The standard InChI is InChI=1S/C7H4N4O/c12-4-6-10-3-5-7(11-6)9-2-1-8-5/h1-4H/i2D. The lowest BCUT2D eigenvalue weighted by atomic mass is 10.5. The van der Waals surface area contributed by atoms with Gasteiger partial charge < -0.3 is 0 Å². The lowest BCUT2D eigenvalue weighted by molar-refractivity contribution is 0.111. The molecular formula is C7H4N4O. The number of rotatable bonds is 1. The summed E-state index contributed by atoms with van der Waals surface area (Å²) in [5.41, 5.74) is 0.742. The maximum absolute atomic E-state index is 10.3. The molecule has 0 aliphatic heterocycles. The number of fused-ring (bicyclic) bond motifs is 1. The number of hydrogen-bond donors (Lipinski definition) is 0. The molecule has 0 aromatic carbocycles. The molecule has 2 aromatic rings. The Labute approximate surface area is 68.9 Å². The third kappa shape index (κ3) is 1.01. The zero-order chi connectivity index (χ0) is 9.26. The molecule has 0 saturated carbocycles. The molecule has 5 heteroatoms. The van der Waals surface area contributed by atoms with Gasteiger partial charge in [-0.1, -0.05) is 0 Å². The monoisotopic (exact) mass is 161 g/mol. The largest absolute Gasteiger partial charge is 0.294 e. The van der Waals surface area contributed by atoms with E-state index in [-0.39, 0.29) is 17.6 Å². The van der Waals surface area contributed by atoms with Gasteiger partial charge in [0.25, 0.3) is 0 Å². The Morgan fingerprint density at radius 2 is 2.33 bits per heavy atom. The number of carbonyl (C=O) groups excluding carboxylic acids is 1. The Morgan fingerprint density at radius 1 is 1.42 bits per heavy atom. The molecule has 0 unspecified atom stereocenters. The summed E-state index contributed by atoms with van der Waals surface area (Å²) in [6.45, 7) is 0. The number of aldehydes is 1. The van der Waals surface area contributed by atoms with Gasteiger partial charge in [0, 0.05) is 12.4 Å². The average molecular weight is 161 g/mol. The van der Waals surface area contributed by atoms with E-state index in [2.05, 4.69) is 19.9 Å². The smallest absolute Gasteiger partial charge is 0.194 e. The van der Waals surface area contributed by atoms with E-state index in [9.17, 15) is 4.79 Å². The molecular weight excluding hydrogens is 156 g/mol. The van der Waals surface area contributed by atoms with Crippen LogP contribution in [0.3, 0.4) is 0 Å². The van der Waals surface area contributed by atoms with Crippen molar-refractivity contribution in [2.24, 2.45) is 0 Å². The lowest BCUT2D eigenvalue weighted by Crippen LogP contribution is -1.94. The van der Waals surface area contributed by atoms with Crippen molar-refractivity contribution >= 4 is 17.5 Å². The molecule has 0 saturated heterocycles. The summed E-state index contributed by atoms with van der Waals surface area (Å²) in [6, 6.07) is 0. The summed E-state index contributed by atoms with van der Waals surface area (Å²) < 4.78 is 7.18. The summed E-state index contributed by atoms with van der Waals surface area (Å²) >= 11 is 0. The number of aromatic nitrogens is 4. The van der Waals surface area contributed by atoms with Crippen LogP contribution in [0.4, 0.5) is 0 Å². The van der Waals surface area contributed by atoms with Crippen LogP contribution in [0.5, 0.6) is 0 Å². The average Bonchev–Trinajstić information content (AvgIpc) is 2.16. The summed E-state index contributed by atoms with van der Waals surface area (Å²) in [7, 11) is 0. The fourth-order valence-electron chi connectivity index (χ4n) is 0.798. The van der Waals surface area contributed by atoms with Gasteiger partial charge in [-0.2, -0.15) is 0 Å². The fraction of sp³-hybridized carbons (Fsp3) is 0. The Morgan fingerprint density at radius 3 is 3.17 bits per heavy atom. The second kappa shape index (κ2) is 2.61. The summed E-state index contributed by atoms with van der Waals surface area (Å²) in [5, 5.41) is 0. The second-order valence-corrected chi connectivity index (χ2v) is 2.05. The fourth-order valence-corrected chi connectivity index (χ4v) is 0.798. The Bertz CT molecular complexity index is 473. The molecule has 0 atom stereocenters. The van der Waals surface area contributed by atoms with Gasteiger partial charge >= 0.3 is 0 Å². The minimum absolute atomic E-state index is 0.0167. The first kappa shape index (κ1) is 5.70. The quantitative estimate of drug-likeness (QED) is 0.560. The topological polar surface area (TPSA) is 68.6 Å². The highest BCUT2D eigenvalue weighted by molar-refractivity contribution is 5.75. The molecule has 12 heavy (non-hydrogen) atoms. The van der Waals surface area contributed by atoms with Crippen molar-refractivity contribution in [2.45, 2.75) is 0 Å². The predicted molar refractivity (Wildman–Crippen MR) is 40.5 cm³/mol. The minimum Gasteiger partial charge on any atom is -0.294 e. The zero-order valence-electron chi connectivity index (χ0n) is 6.93. The van der Waals surface area contributed by atoms with Crippen LogP contribution >= 0.6 is 0 Å². The van der Waals surface area contributed by atoms with Crippen molar-refractivity contribution in [1.29, 1.82) is 0 Å². The SMILES string of the molecule is [2H]c1cnc2cnc(C=O)nc2n1. The molecule has 0 N–H and O–H groups in total. The van der Waals surface area contributed by atoms with Crippen molar-refractivity contribution in [1.82, 2.24) is 19.9 Å². The summed E-state index contributed by atoms with van der Waals surface area (Å²) in [5.74, 6) is 0.0485. The summed E-state index contributed by atoms with van der Waals surface area (Å²) in [6.07, 6.45) is 3.24. The van der Waals surface area contributed by atoms with Gasteiger partial charge in [-0.25, -0.2) is 19.9 Å². The highest BCUT2D eigenvalue weighted by Crippen LogP contribution is 2.01. The summed E-state index contributed by atoms with van der Waals surface area (Å²) in [4.78, 5) is 25.5. The van der Waals surface area contributed by atoms with E-state index in [1.54, 1.807) is 0 Å². The molecule has 0 amide bonds. The normalized spacial score (nSPS) is 11.2. The van der Waals surface area contributed by atoms with E-state index in [1.807, 2.05) is 0 Å². The van der Waals surface area contributed by atoms with Crippen LogP contribution in [0.1, 0.15) is 12.0 Å². The van der Waals surface area contributed by atoms with Crippen molar-refractivity contribution in [3.05, 3.63) is 24.4 Å². The highest BCUT2D eigenvalue weighted by Gasteiger charge is 1.98. The molecule has 2 heterocycles. The third-order valence-corrected chi connectivity index (χ3v) is 1.31. The van der Waals surface area contributed by atoms with Gasteiger partial charge in [-0.15, -0.1) is 0 Å². The lowest BCUT2D eigenvalue weighted by Gasteiger charge is -1.92. The van der Waals surface area contributed by atoms with Crippen LogP contribution in [-0.4, -0.2) is 26.2 Å². The first-order valence-electron chi connectivity index (χ1n) is 3.71. The highest BCUT2D eigenvalue weighted by atomic mass is 16.1. The van der Waals surface area contributed by atoms with Gasteiger partial charge in [0.05, 0.1) is 7.57 Å². The van der Waals surface area contributed by atoms with Crippen LogP contribution in [0.2, 0.25) is 0 Å². The van der Waals surface area contributed by atoms with Gasteiger partial charge in [0.1, 0.15) is 5.52 Å². The maximum Gasteiger partial charge on any atom is 0.194 e. The molecule has 0 aliphatic rings. The van der Waals surface area contributed by atoms with Gasteiger partial charge in [-0.05, 0) is 0 Å². The molecule has 0 fully saturated rings. The minimum atomic E-state index is 0.0167. The van der Waals surface area contributed by atoms with Crippen molar-refractivity contribution in [3.8, 4) is 0 Å². The zero-order valence-corrected chi connectivity index (χ0v) is 5.93. The van der Waals surface area contributed by atoms with Crippen LogP contribution in [0.25, 0.3) is 11.2 Å². The number of nitrogens with zero attached hydrogens (tertiary/aromatic N) is 4. The Hall–Kier alpha value is -1.91. The number of carbonyl (C=O) groups is 1. The van der Waals surface area contributed by atoms with E-state index in [0.717, 1.165) is 0 Å². The van der Waals surface area contributed by atoms with Crippen LogP contribution in [0, 0.1) is 0 Å². The van der Waals surface area contributed by atoms with E-state index >= 15 is 0 Å². The predicted octanol–water partition coefficient (Wildman–Crippen LogP) is 0.232. The molecule has 0 bridgehead atoms. The van der Waals surface area contributed by atoms with Crippen LogP contribution in [-0.2, 0) is 0 Å². The Balaban J connectivity index is 2.74. The molecule has 0 spiro atoms. The molecule has 58 valence electrons. The van der Waals surface area contributed by atoms with Crippen LogP contribution < -0.4 is 0 Å². The molecule has 0 radical (unpaired) electrons. The first-order valence-corrected chi connectivity index (χ1v) is 3.21. The van der Waals surface area contributed by atoms with E-state index < -0.39 is 0 Å². The van der Waals surface area contributed by atoms with E-state index in [1.165, 1.54) is 12.4 Å². The van der Waals surface area contributed by atoms with Crippen molar-refractivity contribution in [2.75, 3.05) is 0 Å². The van der Waals surface area contributed by atoms with Gasteiger partial charge in [-0.3, -0.25) is 4.79 Å². The molecule has 2 aromatic heterocycles.